The number of ether oxygens (including phenoxy) is 1. The summed E-state index contributed by atoms with van der Waals surface area (Å²) in [4.78, 5) is 21.4. The largest absolute Gasteiger partial charge is 0.377 e. The van der Waals surface area contributed by atoms with E-state index in [2.05, 4.69) is 79.4 Å². The molecule has 2 aliphatic rings. The van der Waals surface area contributed by atoms with E-state index in [0.29, 0.717) is 13.2 Å². The van der Waals surface area contributed by atoms with Crippen LogP contribution in [0.4, 0.5) is 0 Å². The molecular formula is C26H50N4O3. The second-order valence-corrected chi connectivity index (χ2v) is 12.5. The van der Waals surface area contributed by atoms with Crippen molar-refractivity contribution in [3.8, 4) is 0 Å². The molecule has 7 nitrogen and oxygen atoms in total. The van der Waals surface area contributed by atoms with Crippen molar-refractivity contribution in [1.82, 2.24) is 10.1 Å². The highest BCUT2D eigenvalue weighted by Gasteiger charge is 2.45. The zero-order valence-electron chi connectivity index (χ0n) is 23.4. The predicted octanol–water partition coefficient (Wildman–Crippen LogP) is 5.09. The second-order valence-electron chi connectivity index (χ2n) is 12.5. The van der Waals surface area contributed by atoms with Gasteiger partial charge in [0.1, 0.15) is 0 Å². The molecule has 0 aromatic carbocycles. The van der Waals surface area contributed by atoms with E-state index in [1.807, 2.05) is 0 Å². The molecule has 0 aromatic rings. The normalized spacial score (nSPS) is 26.7. The van der Waals surface area contributed by atoms with Crippen molar-refractivity contribution >= 4 is 11.4 Å². The van der Waals surface area contributed by atoms with Crippen LogP contribution in [0.5, 0.6) is 0 Å². The van der Waals surface area contributed by atoms with Crippen molar-refractivity contribution < 1.29 is 14.4 Å². The maximum Gasteiger partial charge on any atom is 0.0704 e. The summed E-state index contributed by atoms with van der Waals surface area (Å²) >= 11 is 0. The fourth-order valence-corrected chi connectivity index (χ4v) is 6.33. The maximum absolute atomic E-state index is 6.05. The SMILES string of the molecule is CON1C(C)(C)CC(=NC(C)COCC(C)N=C2CC(C)(C)N(OC)C(C)(C)C2)CC1(C)C. The molecule has 2 aliphatic heterocycles. The lowest BCUT2D eigenvalue weighted by molar-refractivity contribution is -0.250. The minimum Gasteiger partial charge on any atom is -0.377 e. The first-order valence-corrected chi connectivity index (χ1v) is 12.4. The number of hydrogen-bond donors (Lipinski definition) is 0. The van der Waals surface area contributed by atoms with Crippen LogP contribution in [0.1, 0.15) is 94.9 Å². The summed E-state index contributed by atoms with van der Waals surface area (Å²) in [6.07, 6.45) is 3.62. The van der Waals surface area contributed by atoms with E-state index in [1.54, 1.807) is 14.2 Å². The van der Waals surface area contributed by atoms with Gasteiger partial charge in [0.2, 0.25) is 0 Å². The van der Waals surface area contributed by atoms with E-state index in [0.717, 1.165) is 25.7 Å². The summed E-state index contributed by atoms with van der Waals surface area (Å²) < 4.78 is 6.05. The van der Waals surface area contributed by atoms with Crippen molar-refractivity contribution in [1.29, 1.82) is 0 Å². The van der Waals surface area contributed by atoms with Gasteiger partial charge >= 0.3 is 0 Å². The fraction of sp³-hybridized carbons (Fsp3) is 0.923. The van der Waals surface area contributed by atoms with Gasteiger partial charge in [-0.15, -0.1) is 0 Å². The van der Waals surface area contributed by atoms with Gasteiger partial charge in [-0.2, -0.15) is 10.1 Å². The van der Waals surface area contributed by atoms with Crippen LogP contribution in [0.2, 0.25) is 0 Å². The smallest absolute Gasteiger partial charge is 0.0704 e. The number of nitrogens with zero attached hydrogens (tertiary/aromatic N) is 4. The van der Waals surface area contributed by atoms with Gasteiger partial charge in [0.15, 0.2) is 0 Å². The number of piperidine rings is 2. The van der Waals surface area contributed by atoms with Crippen LogP contribution >= 0.6 is 0 Å². The van der Waals surface area contributed by atoms with Crippen molar-refractivity contribution in [2.24, 2.45) is 9.98 Å². The third-order valence-electron chi connectivity index (χ3n) is 6.63. The Morgan fingerprint density at radius 3 is 1.15 bits per heavy atom. The monoisotopic (exact) mass is 466 g/mol. The maximum atomic E-state index is 6.05. The summed E-state index contributed by atoms with van der Waals surface area (Å²) in [6, 6.07) is 0.256. The molecule has 2 unspecified atom stereocenters. The molecule has 0 aliphatic carbocycles. The van der Waals surface area contributed by atoms with E-state index in [9.17, 15) is 0 Å². The first kappa shape index (κ1) is 28.4. The number of aliphatic imine (C=N–C) groups is 2. The third-order valence-corrected chi connectivity index (χ3v) is 6.63. The van der Waals surface area contributed by atoms with Gasteiger partial charge in [0, 0.05) is 59.3 Å². The molecule has 2 atom stereocenters. The zero-order valence-corrected chi connectivity index (χ0v) is 23.4. The molecule has 192 valence electrons. The minimum atomic E-state index is -0.0829. The third kappa shape index (κ3) is 7.07. The van der Waals surface area contributed by atoms with Crippen LogP contribution in [0.3, 0.4) is 0 Å². The molecule has 0 saturated carbocycles. The van der Waals surface area contributed by atoms with Crippen LogP contribution in [0, 0.1) is 0 Å². The summed E-state index contributed by atoms with van der Waals surface area (Å²) in [5.74, 6) is 0. The highest BCUT2D eigenvalue weighted by atomic mass is 16.7. The Balaban J connectivity index is 1.91. The molecule has 2 saturated heterocycles. The highest BCUT2D eigenvalue weighted by molar-refractivity contribution is 5.88. The Morgan fingerprint density at radius 1 is 0.636 bits per heavy atom. The van der Waals surface area contributed by atoms with Gasteiger partial charge in [0.05, 0.1) is 39.5 Å². The van der Waals surface area contributed by atoms with Gasteiger partial charge in [-0.3, -0.25) is 9.98 Å². The number of hydroxylamine groups is 4. The first-order chi connectivity index (χ1) is 15.0. The lowest BCUT2D eigenvalue weighted by Crippen LogP contribution is -2.60. The summed E-state index contributed by atoms with van der Waals surface area (Å²) in [7, 11) is 3.52. The topological polar surface area (TPSA) is 58.9 Å². The standard InChI is InChI=1S/C26H50N4O3/c1-19(27-21-13-23(3,4)29(31-11)24(5,6)14-21)17-33-18-20(2)28-22-15-25(7,8)30(32-12)26(9,10)16-22/h19-20H,13-18H2,1-12H3. The van der Waals surface area contributed by atoms with E-state index < -0.39 is 0 Å². The van der Waals surface area contributed by atoms with Gasteiger partial charge < -0.3 is 14.4 Å². The molecule has 0 aromatic heterocycles. The van der Waals surface area contributed by atoms with Crippen LogP contribution < -0.4 is 0 Å². The van der Waals surface area contributed by atoms with Crippen LogP contribution in [-0.2, 0) is 14.4 Å². The van der Waals surface area contributed by atoms with E-state index in [4.69, 9.17) is 24.4 Å². The fourth-order valence-electron chi connectivity index (χ4n) is 6.33. The lowest BCUT2D eigenvalue weighted by atomic mass is 9.80. The first-order valence-electron chi connectivity index (χ1n) is 12.4. The lowest BCUT2D eigenvalue weighted by Gasteiger charge is -2.51. The molecule has 2 fully saturated rings. The van der Waals surface area contributed by atoms with E-state index >= 15 is 0 Å². The second kappa shape index (κ2) is 10.4. The molecule has 33 heavy (non-hydrogen) atoms. The summed E-state index contributed by atoms with van der Waals surface area (Å²) in [5, 5.41) is 4.22. The van der Waals surface area contributed by atoms with Crippen molar-refractivity contribution in [3.63, 3.8) is 0 Å². The van der Waals surface area contributed by atoms with Crippen molar-refractivity contribution in [2.45, 2.75) is 129 Å². The van der Waals surface area contributed by atoms with E-state index in [1.165, 1.54) is 11.4 Å². The molecule has 0 amide bonds. The average molecular weight is 467 g/mol. The quantitative estimate of drug-likeness (QED) is 0.499. The Bertz CT molecular complexity index is 627. The molecule has 0 bridgehead atoms. The Labute approximate surface area is 202 Å². The molecular weight excluding hydrogens is 416 g/mol. The molecule has 0 spiro atoms. The predicted molar refractivity (Wildman–Crippen MR) is 137 cm³/mol. The summed E-state index contributed by atoms with van der Waals surface area (Å²) in [5.41, 5.74) is 2.16. The van der Waals surface area contributed by atoms with Gasteiger partial charge in [0.25, 0.3) is 0 Å². The molecule has 0 N–H and O–H groups in total. The zero-order chi connectivity index (χ0) is 25.2. The van der Waals surface area contributed by atoms with Gasteiger partial charge in [-0.25, -0.2) is 0 Å². The van der Waals surface area contributed by atoms with E-state index in [-0.39, 0.29) is 34.2 Å². The number of hydrogen-bond acceptors (Lipinski definition) is 7. The Hall–Kier alpha value is -0.860. The Morgan fingerprint density at radius 2 is 0.909 bits per heavy atom. The average Bonchev–Trinajstić information content (AvgIpc) is 2.57. The highest BCUT2D eigenvalue weighted by Crippen LogP contribution is 2.38. The molecule has 7 heteroatoms. The van der Waals surface area contributed by atoms with Crippen LogP contribution in [0.15, 0.2) is 9.98 Å². The molecule has 0 radical (unpaired) electrons. The minimum absolute atomic E-state index is 0.0829. The summed E-state index contributed by atoms with van der Waals surface area (Å²) in [6.45, 7) is 23.2. The Kier molecular flexibility index (Phi) is 8.95. The molecule has 2 heterocycles. The van der Waals surface area contributed by atoms with Gasteiger partial charge in [-0.05, 0) is 69.2 Å². The van der Waals surface area contributed by atoms with Crippen LogP contribution in [0.25, 0.3) is 0 Å². The van der Waals surface area contributed by atoms with Crippen LogP contribution in [-0.4, -0.2) is 83.2 Å². The van der Waals surface area contributed by atoms with Crippen molar-refractivity contribution in [3.05, 3.63) is 0 Å². The molecule has 2 rings (SSSR count). The number of rotatable bonds is 8. The van der Waals surface area contributed by atoms with Crippen molar-refractivity contribution in [2.75, 3.05) is 27.4 Å². The van der Waals surface area contributed by atoms with Gasteiger partial charge in [-0.1, -0.05) is 0 Å².